The van der Waals surface area contributed by atoms with Crippen LogP contribution in [0.2, 0.25) is 0 Å². The highest BCUT2D eigenvalue weighted by Gasteiger charge is 2.23. The van der Waals surface area contributed by atoms with Crippen LogP contribution < -0.4 is 4.90 Å². The van der Waals surface area contributed by atoms with E-state index in [-0.39, 0.29) is 0 Å². The topological polar surface area (TPSA) is 16.4 Å². The zero-order chi connectivity index (χ0) is 31.9. The normalized spacial score (nSPS) is 11.3. The molecule has 0 unspecified atom stereocenters. The Kier molecular flexibility index (Phi) is 6.84. The largest absolute Gasteiger partial charge is 0.455 e. The van der Waals surface area contributed by atoms with Crippen molar-refractivity contribution >= 4 is 49.8 Å². The SMILES string of the molecule is c1ccc(-c2ccc(-c3ccc(N(c4ccccc4-c4ccccc4)c4cc5ccccc5c5oc6ccccc6c45)cc3)cc2)cc1. The van der Waals surface area contributed by atoms with Crippen LogP contribution in [0, 0.1) is 0 Å². The molecule has 8 aromatic carbocycles. The first-order valence-electron chi connectivity index (χ1n) is 16.4. The van der Waals surface area contributed by atoms with Crippen LogP contribution in [0.5, 0.6) is 0 Å². The second kappa shape index (κ2) is 11.8. The number of rotatable bonds is 6. The van der Waals surface area contributed by atoms with Gasteiger partial charge in [0.05, 0.1) is 16.8 Å². The Balaban J connectivity index is 1.25. The maximum atomic E-state index is 6.64. The Morgan fingerprint density at radius 1 is 0.375 bits per heavy atom. The van der Waals surface area contributed by atoms with Gasteiger partial charge < -0.3 is 9.32 Å². The first-order chi connectivity index (χ1) is 23.8. The third kappa shape index (κ3) is 4.83. The number of benzene rings is 8. The van der Waals surface area contributed by atoms with Gasteiger partial charge in [-0.2, -0.15) is 0 Å². The molecule has 9 rings (SSSR count). The Morgan fingerprint density at radius 2 is 0.896 bits per heavy atom. The molecule has 48 heavy (non-hydrogen) atoms. The van der Waals surface area contributed by atoms with Crippen molar-refractivity contribution in [1.29, 1.82) is 0 Å². The molecule has 1 heterocycles. The quantitative estimate of drug-likeness (QED) is 0.185. The summed E-state index contributed by atoms with van der Waals surface area (Å²) in [7, 11) is 0. The summed E-state index contributed by atoms with van der Waals surface area (Å²) in [6, 6.07) is 66.8. The lowest BCUT2D eigenvalue weighted by atomic mass is 9.98. The Bertz CT molecular complexity index is 2530. The molecule has 0 aliphatic heterocycles. The van der Waals surface area contributed by atoms with Gasteiger partial charge in [-0.05, 0) is 63.5 Å². The third-order valence-corrected chi connectivity index (χ3v) is 9.27. The molecule has 0 aliphatic carbocycles. The van der Waals surface area contributed by atoms with E-state index < -0.39 is 0 Å². The lowest BCUT2D eigenvalue weighted by Crippen LogP contribution is -2.11. The van der Waals surface area contributed by atoms with Crippen molar-refractivity contribution in [2.24, 2.45) is 0 Å². The predicted molar refractivity (Wildman–Crippen MR) is 202 cm³/mol. The van der Waals surface area contributed by atoms with Crippen LogP contribution in [0.4, 0.5) is 17.1 Å². The number of fused-ring (bicyclic) bond motifs is 5. The minimum Gasteiger partial charge on any atom is -0.455 e. The molecule has 0 radical (unpaired) electrons. The van der Waals surface area contributed by atoms with E-state index in [0.717, 1.165) is 55.3 Å². The molecule has 0 bridgehead atoms. The van der Waals surface area contributed by atoms with Gasteiger partial charge >= 0.3 is 0 Å². The second-order valence-corrected chi connectivity index (χ2v) is 12.1. The van der Waals surface area contributed by atoms with Gasteiger partial charge in [-0.3, -0.25) is 0 Å². The predicted octanol–water partition coefficient (Wildman–Crippen LogP) is 13.2. The highest BCUT2D eigenvalue weighted by atomic mass is 16.3. The third-order valence-electron chi connectivity index (χ3n) is 9.27. The number of furan rings is 1. The number of hydrogen-bond acceptors (Lipinski definition) is 2. The Hall–Kier alpha value is -6.38. The summed E-state index contributed by atoms with van der Waals surface area (Å²) in [5, 5.41) is 4.45. The molecule has 226 valence electrons. The van der Waals surface area contributed by atoms with E-state index in [1.54, 1.807) is 0 Å². The molecular formula is C46H31NO. The number of para-hydroxylation sites is 2. The van der Waals surface area contributed by atoms with Gasteiger partial charge in [0.2, 0.25) is 0 Å². The van der Waals surface area contributed by atoms with Crippen LogP contribution in [0.25, 0.3) is 66.1 Å². The minimum atomic E-state index is 0.885. The van der Waals surface area contributed by atoms with Crippen LogP contribution in [-0.2, 0) is 0 Å². The van der Waals surface area contributed by atoms with Gasteiger partial charge in [0.15, 0.2) is 0 Å². The van der Waals surface area contributed by atoms with E-state index in [0.29, 0.717) is 0 Å². The highest BCUT2D eigenvalue weighted by molar-refractivity contribution is 6.22. The van der Waals surface area contributed by atoms with Gasteiger partial charge in [-0.15, -0.1) is 0 Å². The van der Waals surface area contributed by atoms with Crippen LogP contribution >= 0.6 is 0 Å². The molecule has 0 amide bonds. The molecule has 0 spiro atoms. The van der Waals surface area contributed by atoms with Gasteiger partial charge in [-0.1, -0.05) is 158 Å². The number of nitrogens with zero attached hydrogens (tertiary/aromatic N) is 1. The lowest BCUT2D eigenvalue weighted by Gasteiger charge is -2.29. The summed E-state index contributed by atoms with van der Waals surface area (Å²) >= 11 is 0. The average molecular weight is 614 g/mol. The van der Waals surface area contributed by atoms with Crippen LogP contribution in [0.15, 0.2) is 192 Å². The summed E-state index contributed by atoms with van der Waals surface area (Å²) in [6.07, 6.45) is 0. The molecule has 1 aromatic heterocycles. The first kappa shape index (κ1) is 27.9. The van der Waals surface area contributed by atoms with E-state index >= 15 is 0 Å². The van der Waals surface area contributed by atoms with Crippen molar-refractivity contribution < 1.29 is 4.42 Å². The molecule has 2 nitrogen and oxygen atoms in total. The molecule has 0 N–H and O–H groups in total. The lowest BCUT2D eigenvalue weighted by molar-refractivity contribution is 0.672. The second-order valence-electron chi connectivity index (χ2n) is 12.1. The molecule has 0 atom stereocenters. The van der Waals surface area contributed by atoms with E-state index in [9.17, 15) is 0 Å². The van der Waals surface area contributed by atoms with Crippen LogP contribution in [0.1, 0.15) is 0 Å². The molecule has 0 saturated heterocycles. The standard InChI is InChI=1S/C46H31NO/c1-3-13-32(14-4-1)33-23-25-34(26-24-33)35-27-29-38(30-28-35)47(42-21-11-9-18-39(42)36-15-5-2-6-16-36)43-31-37-17-7-8-19-40(37)46-45(43)41-20-10-12-22-44(41)48-46/h1-31H. The van der Waals surface area contributed by atoms with E-state index in [1.807, 2.05) is 6.07 Å². The maximum absolute atomic E-state index is 6.64. The molecule has 0 saturated carbocycles. The molecule has 0 fully saturated rings. The summed E-state index contributed by atoms with van der Waals surface area (Å²) in [6.45, 7) is 0. The van der Waals surface area contributed by atoms with Crippen molar-refractivity contribution in [1.82, 2.24) is 0 Å². The number of hydrogen-bond donors (Lipinski definition) is 0. The fourth-order valence-electron chi connectivity index (χ4n) is 6.94. The molecule has 0 aliphatic rings. The van der Waals surface area contributed by atoms with Gasteiger partial charge in [0.25, 0.3) is 0 Å². The molecule has 9 aromatic rings. The Morgan fingerprint density at radius 3 is 1.60 bits per heavy atom. The summed E-state index contributed by atoms with van der Waals surface area (Å²) < 4.78 is 6.64. The van der Waals surface area contributed by atoms with Crippen molar-refractivity contribution in [3.63, 3.8) is 0 Å². The zero-order valence-corrected chi connectivity index (χ0v) is 26.3. The van der Waals surface area contributed by atoms with E-state index in [2.05, 4.69) is 187 Å². The van der Waals surface area contributed by atoms with E-state index in [1.165, 1.54) is 27.8 Å². The summed E-state index contributed by atoms with van der Waals surface area (Å²) in [4.78, 5) is 2.40. The van der Waals surface area contributed by atoms with Crippen molar-refractivity contribution in [3.8, 4) is 33.4 Å². The Labute approximate surface area is 279 Å². The summed E-state index contributed by atoms with van der Waals surface area (Å²) in [5.41, 5.74) is 12.2. The van der Waals surface area contributed by atoms with E-state index in [4.69, 9.17) is 4.42 Å². The molecular weight excluding hydrogens is 583 g/mol. The fraction of sp³-hybridized carbons (Fsp3) is 0. The maximum Gasteiger partial charge on any atom is 0.145 e. The molecule has 2 heteroatoms. The fourth-order valence-corrected chi connectivity index (χ4v) is 6.94. The van der Waals surface area contributed by atoms with Crippen molar-refractivity contribution in [3.05, 3.63) is 188 Å². The smallest absolute Gasteiger partial charge is 0.145 e. The van der Waals surface area contributed by atoms with Gasteiger partial charge in [0, 0.05) is 22.0 Å². The first-order valence-corrected chi connectivity index (χ1v) is 16.4. The monoisotopic (exact) mass is 613 g/mol. The van der Waals surface area contributed by atoms with Crippen LogP contribution in [-0.4, -0.2) is 0 Å². The van der Waals surface area contributed by atoms with Gasteiger partial charge in [0.1, 0.15) is 11.2 Å². The highest BCUT2D eigenvalue weighted by Crippen LogP contribution is 2.48. The average Bonchev–Trinajstić information content (AvgIpc) is 3.57. The van der Waals surface area contributed by atoms with Crippen LogP contribution in [0.3, 0.4) is 0 Å². The van der Waals surface area contributed by atoms with Crippen molar-refractivity contribution in [2.75, 3.05) is 4.90 Å². The van der Waals surface area contributed by atoms with Gasteiger partial charge in [-0.25, -0.2) is 0 Å². The zero-order valence-electron chi connectivity index (χ0n) is 26.3. The minimum absolute atomic E-state index is 0.885. The summed E-state index contributed by atoms with van der Waals surface area (Å²) in [5.74, 6) is 0. The number of anilines is 3. The van der Waals surface area contributed by atoms with Crippen molar-refractivity contribution in [2.45, 2.75) is 0 Å².